The van der Waals surface area contributed by atoms with Crippen LogP contribution in [0, 0.1) is 0 Å². The maximum absolute atomic E-state index is 11.5. The summed E-state index contributed by atoms with van der Waals surface area (Å²) < 4.78 is 0. The van der Waals surface area contributed by atoms with Gasteiger partial charge in [-0.2, -0.15) is 0 Å². The van der Waals surface area contributed by atoms with Crippen LogP contribution >= 0.6 is 11.6 Å². The SMILES string of the molecule is CN(C)NC(=O)c1ccc(N)cc1Cl. The van der Waals surface area contributed by atoms with Gasteiger partial charge >= 0.3 is 0 Å². The van der Waals surface area contributed by atoms with Crippen LogP contribution in [-0.4, -0.2) is 25.0 Å². The number of rotatable bonds is 2. The summed E-state index contributed by atoms with van der Waals surface area (Å²) in [6.45, 7) is 0. The minimum Gasteiger partial charge on any atom is -0.399 e. The van der Waals surface area contributed by atoms with Gasteiger partial charge in [-0.1, -0.05) is 11.6 Å². The van der Waals surface area contributed by atoms with Gasteiger partial charge in [0.2, 0.25) is 0 Å². The van der Waals surface area contributed by atoms with Crippen LogP contribution in [0.5, 0.6) is 0 Å². The molecule has 0 aliphatic rings. The van der Waals surface area contributed by atoms with Crippen molar-refractivity contribution in [3.63, 3.8) is 0 Å². The van der Waals surface area contributed by atoms with Gasteiger partial charge in [-0.3, -0.25) is 10.2 Å². The Balaban J connectivity index is 2.90. The molecule has 0 bridgehead atoms. The minimum atomic E-state index is -0.250. The third-order valence-electron chi connectivity index (χ3n) is 1.56. The van der Waals surface area contributed by atoms with Crippen LogP contribution in [0.4, 0.5) is 5.69 Å². The lowest BCUT2D eigenvalue weighted by Crippen LogP contribution is -2.36. The summed E-state index contributed by atoms with van der Waals surface area (Å²) in [6.07, 6.45) is 0. The van der Waals surface area contributed by atoms with E-state index in [0.717, 1.165) is 0 Å². The van der Waals surface area contributed by atoms with Crippen molar-refractivity contribution in [2.45, 2.75) is 0 Å². The van der Waals surface area contributed by atoms with E-state index in [-0.39, 0.29) is 5.91 Å². The molecule has 0 fully saturated rings. The van der Waals surface area contributed by atoms with Gasteiger partial charge in [-0.15, -0.1) is 0 Å². The molecule has 0 spiro atoms. The van der Waals surface area contributed by atoms with Crippen LogP contribution in [0.15, 0.2) is 18.2 Å². The highest BCUT2D eigenvalue weighted by Gasteiger charge is 2.10. The molecule has 1 aromatic carbocycles. The van der Waals surface area contributed by atoms with Crippen LogP contribution in [0.2, 0.25) is 5.02 Å². The number of nitrogens with one attached hydrogen (secondary N) is 1. The Hall–Kier alpha value is -1.26. The van der Waals surface area contributed by atoms with Crippen molar-refractivity contribution in [1.29, 1.82) is 0 Å². The number of amides is 1. The first kappa shape index (κ1) is 10.8. The first-order valence-corrected chi connectivity index (χ1v) is 4.42. The Bertz CT molecular complexity index is 352. The number of carbonyl (C=O) groups excluding carboxylic acids is 1. The molecule has 3 N–H and O–H groups in total. The average Bonchev–Trinajstić information content (AvgIpc) is 2.01. The molecular formula is C9H12ClN3O. The molecule has 1 amide bonds. The molecule has 0 atom stereocenters. The Morgan fingerprint density at radius 3 is 2.64 bits per heavy atom. The highest BCUT2D eigenvalue weighted by atomic mass is 35.5. The van der Waals surface area contributed by atoms with Crippen molar-refractivity contribution in [2.24, 2.45) is 0 Å². The van der Waals surface area contributed by atoms with Gasteiger partial charge in [0.1, 0.15) is 0 Å². The largest absolute Gasteiger partial charge is 0.399 e. The summed E-state index contributed by atoms with van der Waals surface area (Å²) in [6, 6.07) is 4.78. The Labute approximate surface area is 87.6 Å². The third kappa shape index (κ3) is 2.61. The zero-order valence-corrected chi connectivity index (χ0v) is 8.80. The zero-order chi connectivity index (χ0) is 10.7. The molecule has 0 saturated carbocycles. The predicted octanol–water partition coefficient (Wildman–Crippen LogP) is 1.13. The fourth-order valence-electron chi connectivity index (χ4n) is 0.979. The third-order valence-corrected chi connectivity index (χ3v) is 1.88. The van der Waals surface area contributed by atoms with E-state index in [2.05, 4.69) is 5.43 Å². The van der Waals surface area contributed by atoms with Crippen molar-refractivity contribution < 1.29 is 4.79 Å². The number of nitrogen functional groups attached to an aromatic ring is 1. The Kier molecular flexibility index (Phi) is 3.33. The molecule has 1 rings (SSSR count). The van der Waals surface area contributed by atoms with E-state index in [1.807, 2.05) is 0 Å². The van der Waals surface area contributed by atoms with E-state index in [1.54, 1.807) is 37.3 Å². The van der Waals surface area contributed by atoms with Crippen LogP contribution in [0.1, 0.15) is 10.4 Å². The molecule has 0 unspecified atom stereocenters. The molecule has 0 heterocycles. The Morgan fingerprint density at radius 2 is 2.14 bits per heavy atom. The predicted molar refractivity (Wildman–Crippen MR) is 57.0 cm³/mol. The second-order valence-corrected chi connectivity index (χ2v) is 3.48. The van der Waals surface area contributed by atoms with Gasteiger partial charge in [0.05, 0.1) is 10.6 Å². The number of benzene rings is 1. The van der Waals surface area contributed by atoms with E-state index in [4.69, 9.17) is 17.3 Å². The van der Waals surface area contributed by atoms with Gasteiger partial charge in [0.25, 0.3) is 5.91 Å². The summed E-state index contributed by atoms with van der Waals surface area (Å²) in [5.41, 5.74) is 9.04. The van der Waals surface area contributed by atoms with Gasteiger partial charge < -0.3 is 5.73 Å². The molecule has 0 aromatic heterocycles. The van der Waals surface area contributed by atoms with E-state index in [9.17, 15) is 4.79 Å². The van der Waals surface area contributed by atoms with Gasteiger partial charge in [0, 0.05) is 19.8 Å². The number of anilines is 1. The van der Waals surface area contributed by atoms with E-state index >= 15 is 0 Å². The van der Waals surface area contributed by atoms with Crippen molar-refractivity contribution in [2.75, 3.05) is 19.8 Å². The first-order chi connectivity index (χ1) is 6.50. The fourth-order valence-corrected chi connectivity index (χ4v) is 1.25. The molecule has 0 aliphatic heterocycles. The maximum Gasteiger partial charge on any atom is 0.267 e. The number of nitrogens with zero attached hydrogens (tertiary/aromatic N) is 1. The second kappa shape index (κ2) is 4.30. The van der Waals surface area contributed by atoms with Gasteiger partial charge in [-0.25, -0.2) is 5.01 Å². The molecule has 76 valence electrons. The summed E-state index contributed by atoms with van der Waals surface area (Å²) in [7, 11) is 3.45. The molecule has 14 heavy (non-hydrogen) atoms. The minimum absolute atomic E-state index is 0.250. The molecular weight excluding hydrogens is 202 g/mol. The van der Waals surface area contributed by atoms with Crippen molar-refractivity contribution in [1.82, 2.24) is 10.4 Å². The number of hydrogen-bond acceptors (Lipinski definition) is 3. The Morgan fingerprint density at radius 1 is 1.50 bits per heavy atom. The van der Waals surface area contributed by atoms with E-state index in [1.165, 1.54) is 0 Å². The van der Waals surface area contributed by atoms with Crippen LogP contribution in [-0.2, 0) is 0 Å². The van der Waals surface area contributed by atoms with Gasteiger partial charge in [0.15, 0.2) is 0 Å². The molecule has 1 aromatic rings. The first-order valence-electron chi connectivity index (χ1n) is 4.04. The number of hydrogen-bond donors (Lipinski definition) is 2. The summed E-state index contributed by atoms with van der Waals surface area (Å²) in [4.78, 5) is 11.5. The van der Waals surface area contributed by atoms with Crippen molar-refractivity contribution in [3.05, 3.63) is 28.8 Å². The van der Waals surface area contributed by atoms with Crippen molar-refractivity contribution in [3.8, 4) is 0 Å². The number of carbonyl (C=O) groups is 1. The average molecular weight is 214 g/mol. The highest BCUT2D eigenvalue weighted by Crippen LogP contribution is 2.18. The van der Waals surface area contributed by atoms with Gasteiger partial charge in [-0.05, 0) is 18.2 Å². The smallest absolute Gasteiger partial charge is 0.267 e. The number of hydrazine groups is 1. The molecule has 4 nitrogen and oxygen atoms in total. The van der Waals surface area contributed by atoms with Crippen LogP contribution in [0.3, 0.4) is 0 Å². The summed E-state index contributed by atoms with van der Waals surface area (Å²) in [5.74, 6) is -0.250. The highest BCUT2D eigenvalue weighted by molar-refractivity contribution is 6.34. The quantitative estimate of drug-likeness (QED) is 0.572. The van der Waals surface area contributed by atoms with Crippen molar-refractivity contribution >= 4 is 23.2 Å². The lowest BCUT2D eigenvalue weighted by Gasteiger charge is -2.12. The monoisotopic (exact) mass is 213 g/mol. The molecule has 0 aliphatic carbocycles. The summed E-state index contributed by atoms with van der Waals surface area (Å²) in [5, 5.41) is 1.90. The molecule has 5 heteroatoms. The zero-order valence-electron chi connectivity index (χ0n) is 8.04. The van der Waals surface area contributed by atoms with Crippen LogP contribution in [0.25, 0.3) is 0 Å². The number of nitrogens with two attached hydrogens (primary N) is 1. The lowest BCUT2D eigenvalue weighted by molar-refractivity contribution is 0.0857. The fraction of sp³-hybridized carbons (Fsp3) is 0.222. The number of halogens is 1. The molecule has 0 radical (unpaired) electrons. The topological polar surface area (TPSA) is 58.4 Å². The van der Waals surface area contributed by atoms with E-state index in [0.29, 0.717) is 16.3 Å². The normalized spacial score (nSPS) is 10.3. The maximum atomic E-state index is 11.5. The summed E-state index contributed by atoms with van der Waals surface area (Å²) >= 11 is 5.85. The van der Waals surface area contributed by atoms with Crippen LogP contribution < -0.4 is 11.2 Å². The standard InChI is InChI=1S/C9H12ClN3O/c1-13(2)12-9(14)7-4-3-6(11)5-8(7)10/h3-5H,11H2,1-2H3,(H,12,14). The molecule has 0 saturated heterocycles. The lowest BCUT2D eigenvalue weighted by atomic mass is 10.2. The van der Waals surface area contributed by atoms with E-state index < -0.39 is 0 Å². The second-order valence-electron chi connectivity index (χ2n) is 3.07.